The Kier molecular flexibility index (Phi) is 9.66. The molecule has 0 bridgehead atoms. The molecule has 0 fully saturated rings. The number of ether oxygens (including phenoxy) is 4. The van der Waals surface area contributed by atoms with Crippen LogP contribution in [0.15, 0.2) is 18.2 Å². The molecule has 150 valence electrons. The first-order chi connectivity index (χ1) is 12.9. The Morgan fingerprint density at radius 1 is 1.11 bits per heavy atom. The maximum atomic E-state index is 12.1. The van der Waals surface area contributed by atoms with Gasteiger partial charge in [-0.15, -0.1) is 0 Å². The van der Waals surface area contributed by atoms with Crippen LogP contribution in [0.3, 0.4) is 0 Å². The molecule has 0 saturated carbocycles. The molecule has 0 atom stereocenters. The number of hydrogen-bond donors (Lipinski definition) is 2. The molecule has 9 nitrogen and oxygen atoms in total. The van der Waals surface area contributed by atoms with Crippen LogP contribution in [-0.2, 0) is 14.3 Å². The van der Waals surface area contributed by atoms with E-state index in [2.05, 4.69) is 5.32 Å². The van der Waals surface area contributed by atoms with E-state index in [1.54, 1.807) is 6.07 Å². The maximum Gasteiger partial charge on any atom is 0.338 e. The van der Waals surface area contributed by atoms with E-state index in [4.69, 9.17) is 18.9 Å². The van der Waals surface area contributed by atoms with Crippen molar-refractivity contribution in [2.75, 3.05) is 40.6 Å². The Labute approximate surface area is 158 Å². The highest BCUT2D eigenvalue weighted by Crippen LogP contribution is 2.28. The molecule has 0 aliphatic heterocycles. The van der Waals surface area contributed by atoms with Gasteiger partial charge in [0.2, 0.25) is 0 Å². The molecule has 9 heteroatoms. The van der Waals surface area contributed by atoms with Crippen LogP contribution in [0.5, 0.6) is 11.5 Å². The molecule has 0 aliphatic rings. The van der Waals surface area contributed by atoms with Crippen LogP contribution in [0, 0.1) is 5.92 Å². The van der Waals surface area contributed by atoms with Crippen LogP contribution in [0.1, 0.15) is 24.2 Å². The minimum Gasteiger partial charge on any atom is -0.493 e. The minimum absolute atomic E-state index is 0.195. The molecule has 0 aromatic heterocycles. The quantitative estimate of drug-likeness (QED) is 0.464. The standard InChI is InChI=1S/C18H26N2O7/c1-12(2)10-26-14-6-5-13(9-15(14)25-4)17(22)27-11-16(21)20-18(23)19-7-8-24-3/h5-6,9,12H,7-8,10-11H2,1-4H3,(H2,19,20,21,23). The van der Waals surface area contributed by atoms with Gasteiger partial charge in [0.1, 0.15) is 0 Å². The molecule has 1 rings (SSSR count). The van der Waals surface area contributed by atoms with E-state index in [9.17, 15) is 14.4 Å². The van der Waals surface area contributed by atoms with Crippen molar-refractivity contribution in [3.8, 4) is 11.5 Å². The molecular weight excluding hydrogens is 356 g/mol. The first-order valence-corrected chi connectivity index (χ1v) is 8.42. The smallest absolute Gasteiger partial charge is 0.338 e. The number of imide groups is 1. The largest absolute Gasteiger partial charge is 0.493 e. The second-order valence-electron chi connectivity index (χ2n) is 5.94. The van der Waals surface area contributed by atoms with Gasteiger partial charge in [0.15, 0.2) is 18.1 Å². The lowest BCUT2D eigenvalue weighted by molar-refractivity contribution is -0.123. The number of methoxy groups -OCH3 is 2. The fraction of sp³-hybridized carbons (Fsp3) is 0.500. The van der Waals surface area contributed by atoms with E-state index < -0.39 is 24.5 Å². The van der Waals surface area contributed by atoms with Crippen LogP contribution >= 0.6 is 0 Å². The van der Waals surface area contributed by atoms with Gasteiger partial charge in [0, 0.05) is 13.7 Å². The number of amides is 3. The van der Waals surface area contributed by atoms with Gasteiger partial charge >= 0.3 is 12.0 Å². The maximum absolute atomic E-state index is 12.1. The van der Waals surface area contributed by atoms with Crippen molar-refractivity contribution in [1.82, 2.24) is 10.6 Å². The first kappa shape index (κ1) is 22.2. The summed E-state index contributed by atoms with van der Waals surface area (Å²) in [6, 6.07) is 3.88. The van der Waals surface area contributed by atoms with Gasteiger partial charge in [-0.2, -0.15) is 0 Å². The summed E-state index contributed by atoms with van der Waals surface area (Å²) in [5.41, 5.74) is 0.195. The lowest BCUT2D eigenvalue weighted by atomic mass is 10.2. The highest BCUT2D eigenvalue weighted by molar-refractivity contribution is 5.97. The average Bonchev–Trinajstić information content (AvgIpc) is 2.64. The van der Waals surface area contributed by atoms with E-state index in [0.29, 0.717) is 30.6 Å². The summed E-state index contributed by atoms with van der Waals surface area (Å²) in [5.74, 6) is -0.245. The van der Waals surface area contributed by atoms with Crippen LogP contribution in [0.25, 0.3) is 0 Å². The van der Waals surface area contributed by atoms with Crippen molar-refractivity contribution >= 4 is 17.9 Å². The monoisotopic (exact) mass is 382 g/mol. The first-order valence-electron chi connectivity index (χ1n) is 8.42. The molecule has 0 spiro atoms. The topological polar surface area (TPSA) is 112 Å². The van der Waals surface area contributed by atoms with Crippen molar-refractivity contribution < 1.29 is 33.3 Å². The van der Waals surface area contributed by atoms with E-state index in [-0.39, 0.29) is 12.1 Å². The Hall–Kier alpha value is -2.81. The number of esters is 1. The fourth-order valence-corrected chi connectivity index (χ4v) is 1.86. The van der Waals surface area contributed by atoms with Crippen LogP contribution in [-0.4, -0.2) is 58.5 Å². The molecule has 0 unspecified atom stereocenters. The fourth-order valence-electron chi connectivity index (χ4n) is 1.86. The van der Waals surface area contributed by atoms with Gasteiger partial charge in [-0.1, -0.05) is 13.8 Å². The van der Waals surface area contributed by atoms with Crippen LogP contribution < -0.4 is 20.1 Å². The number of carbonyl (C=O) groups excluding carboxylic acids is 3. The molecule has 2 N–H and O–H groups in total. The summed E-state index contributed by atoms with van der Waals surface area (Å²) in [6.45, 7) is 4.51. The van der Waals surface area contributed by atoms with E-state index in [0.717, 1.165) is 0 Å². The van der Waals surface area contributed by atoms with Crippen molar-refractivity contribution in [2.24, 2.45) is 5.92 Å². The lowest BCUT2D eigenvalue weighted by Gasteiger charge is -2.13. The zero-order chi connectivity index (χ0) is 20.2. The van der Waals surface area contributed by atoms with Gasteiger partial charge in [-0.25, -0.2) is 9.59 Å². The Morgan fingerprint density at radius 2 is 1.85 bits per heavy atom. The van der Waals surface area contributed by atoms with Crippen LogP contribution in [0.4, 0.5) is 4.79 Å². The molecular formula is C18H26N2O7. The Balaban J connectivity index is 2.54. The molecule has 1 aromatic carbocycles. The third-order valence-electron chi connectivity index (χ3n) is 3.15. The summed E-state index contributed by atoms with van der Waals surface area (Å²) in [7, 11) is 2.95. The number of benzene rings is 1. The third-order valence-corrected chi connectivity index (χ3v) is 3.15. The molecule has 0 radical (unpaired) electrons. The van der Waals surface area contributed by atoms with Gasteiger partial charge in [-0.3, -0.25) is 10.1 Å². The average molecular weight is 382 g/mol. The number of carbonyl (C=O) groups is 3. The van der Waals surface area contributed by atoms with Crippen molar-refractivity contribution in [3.05, 3.63) is 23.8 Å². The Morgan fingerprint density at radius 3 is 2.48 bits per heavy atom. The molecule has 1 aromatic rings. The number of hydrogen-bond acceptors (Lipinski definition) is 7. The van der Waals surface area contributed by atoms with Crippen molar-refractivity contribution in [1.29, 1.82) is 0 Å². The van der Waals surface area contributed by atoms with E-state index >= 15 is 0 Å². The molecule has 27 heavy (non-hydrogen) atoms. The van der Waals surface area contributed by atoms with Crippen molar-refractivity contribution in [3.63, 3.8) is 0 Å². The SMILES string of the molecule is COCCNC(=O)NC(=O)COC(=O)c1ccc(OCC(C)C)c(OC)c1. The molecule has 3 amide bonds. The third kappa shape index (κ3) is 8.41. The molecule has 0 heterocycles. The second-order valence-corrected chi connectivity index (χ2v) is 5.94. The van der Waals surface area contributed by atoms with Gasteiger partial charge in [0.05, 0.1) is 25.9 Å². The summed E-state index contributed by atoms with van der Waals surface area (Å²) < 4.78 is 20.5. The summed E-state index contributed by atoms with van der Waals surface area (Å²) in [6.07, 6.45) is 0. The number of rotatable bonds is 10. The predicted molar refractivity (Wildman–Crippen MR) is 97.0 cm³/mol. The highest BCUT2D eigenvalue weighted by atomic mass is 16.5. The van der Waals surface area contributed by atoms with Gasteiger partial charge in [0.25, 0.3) is 5.91 Å². The van der Waals surface area contributed by atoms with Gasteiger partial charge < -0.3 is 24.3 Å². The lowest BCUT2D eigenvalue weighted by Crippen LogP contribution is -2.42. The van der Waals surface area contributed by atoms with Gasteiger partial charge in [-0.05, 0) is 24.1 Å². The number of nitrogens with one attached hydrogen (secondary N) is 2. The normalized spacial score (nSPS) is 10.3. The minimum atomic E-state index is -0.748. The Bertz CT molecular complexity index is 647. The second kappa shape index (κ2) is 11.7. The molecule has 0 aliphatic carbocycles. The summed E-state index contributed by atoms with van der Waals surface area (Å²) in [4.78, 5) is 35.1. The summed E-state index contributed by atoms with van der Waals surface area (Å²) >= 11 is 0. The predicted octanol–water partition coefficient (Wildman–Crippen LogP) is 1.36. The summed E-state index contributed by atoms with van der Waals surface area (Å²) in [5, 5.41) is 4.45. The zero-order valence-electron chi connectivity index (χ0n) is 16.0. The highest BCUT2D eigenvalue weighted by Gasteiger charge is 2.15. The number of urea groups is 1. The zero-order valence-corrected chi connectivity index (χ0v) is 16.0. The van der Waals surface area contributed by atoms with Crippen molar-refractivity contribution in [2.45, 2.75) is 13.8 Å². The van der Waals surface area contributed by atoms with E-state index in [1.807, 2.05) is 19.2 Å². The van der Waals surface area contributed by atoms with E-state index in [1.165, 1.54) is 26.4 Å². The molecule has 0 saturated heterocycles. The van der Waals surface area contributed by atoms with Crippen LogP contribution in [0.2, 0.25) is 0 Å².